The summed E-state index contributed by atoms with van der Waals surface area (Å²) < 4.78 is 0. The second-order valence-corrected chi connectivity index (χ2v) is 3.58. The standard InChI is InChI=1S/C11H12N6O/c1-7-4-13-3-2-8(7)16-11(18)9-5-15-10(17-12)6-14-9/h2-6H,12H2,1H3,(H,15,17)(H,13,16,18). The zero-order valence-corrected chi connectivity index (χ0v) is 9.71. The van der Waals surface area contributed by atoms with Crippen molar-refractivity contribution in [2.45, 2.75) is 6.92 Å². The molecule has 0 aliphatic heterocycles. The number of nitrogen functional groups attached to an aromatic ring is 1. The Kier molecular flexibility index (Phi) is 3.44. The van der Waals surface area contributed by atoms with E-state index in [9.17, 15) is 4.79 Å². The van der Waals surface area contributed by atoms with Gasteiger partial charge < -0.3 is 10.7 Å². The van der Waals surface area contributed by atoms with Crippen LogP contribution in [0.25, 0.3) is 0 Å². The van der Waals surface area contributed by atoms with Crippen LogP contribution in [0.5, 0.6) is 0 Å². The van der Waals surface area contributed by atoms with Gasteiger partial charge in [-0.25, -0.2) is 15.8 Å². The van der Waals surface area contributed by atoms with E-state index >= 15 is 0 Å². The molecule has 0 fully saturated rings. The summed E-state index contributed by atoms with van der Waals surface area (Å²) in [6, 6.07) is 1.72. The van der Waals surface area contributed by atoms with Crippen molar-refractivity contribution in [2.24, 2.45) is 5.84 Å². The van der Waals surface area contributed by atoms with Gasteiger partial charge in [-0.3, -0.25) is 9.78 Å². The minimum Gasteiger partial charge on any atom is -0.320 e. The number of amides is 1. The highest BCUT2D eigenvalue weighted by atomic mass is 16.1. The van der Waals surface area contributed by atoms with Gasteiger partial charge in [0.25, 0.3) is 5.91 Å². The number of hydrazine groups is 1. The zero-order chi connectivity index (χ0) is 13.0. The Morgan fingerprint density at radius 2 is 2.11 bits per heavy atom. The number of pyridine rings is 1. The van der Waals surface area contributed by atoms with Crippen molar-refractivity contribution in [2.75, 3.05) is 10.7 Å². The number of nitrogens with zero attached hydrogens (tertiary/aromatic N) is 3. The summed E-state index contributed by atoms with van der Waals surface area (Å²) in [6.07, 6.45) is 6.01. The number of hydrogen-bond acceptors (Lipinski definition) is 6. The van der Waals surface area contributed by atoms with E-state index in [1.807, 2.05) is 6.92 Å². The molecule has 7 nitrogen and oxygen atoms in total. The summed E-state index contributed by atoms with van der Waals surface area (Å²) in [4.78, 5) is 23.7. The van der Waals surface area contributed by atoms with Crippen LogP contribution in [0.1, 0.15) is 16.1 Å². The van der Waals surface area contributed by atoms with Crippen molar-refractivity contribution in [3.05, 3.63) is 42.1 Å². The molecule has 2 heterocycles. The molecule has 2 rings (SSSR count). The third kappa shape index (κ3) is 2.58. The maximum atomic E-state index is 11.9. The lowest BCUT2D eigenvalue weighted by Gasteiger charge is -2.07. The van der Waals surface area contributed by atoms with Crippen molar-refractivity contribution >= 4 is 17.4 Å². The van der Waals surface area contributed by atoms with Crippen molar-refractivity contribution in [1.29, 1.82) is 0 Å². The fourth-order valence-corrected chi connectivity index (χ4v) is 1.32. The van der Waals surface area contributed by atoms with E-state index in [-0.39, 0.29) is 11.6 Å². The lowest BCUT2D eigenvalue weighted by Crippen LogP contribution is -2.16. The molecule has 0 radical (unpaired) electrons. The molecule has 0 saturated heterocycles. The van der Waals surface area contributed by atoms with Crippen molar-refractivity contribution < 1.29 is 4.79 Å². The maximum absolute atomic E-state index is 11.9. The lowest BCUT2D eigenvalue weighted by atomic mass is 10.2. The topological polar surface area (TPSA) is 106 Å². The summed E-state index contributed by atoms with van der Waals surface area (Å²) >= 11 is 0. The predicted molar refractivity (Wildman–Crippen MR) is 66.8 cm³/mol. The van der Waals surface area contributed by atoms with E-state index in [1.54, 1.807) is 18.5 Å². The highest BCUT2D eigenvalue weighted by Crippen LogP contribution is 2.12. The van der Waals surface area contributed by atoms with E-state index in [4.69, 9.17) is 5.84 Å². The molecule has 0 bridgehead atoms. The van der Waals surface area contributed by atoms with Gasteiger partial charge in [0.2, 0.25) is 0 Å². The Bertz CT molecular complexity index is 554. The first-order valence-corrected chi connectivity index (χ1v) is 5.21. The quantitative estimate of drug-likeness (QED) is 0.542. The number of aryl methyl sites for hydroxylation is 1. The molecule has 0 atom stereocenters. The average molecular weight is 244 g/mol. The number of nitrogens with one attached hydrogen (secondary N) is 2. The molecule has 0 aliphatic rings. The Morgan fingerprint density at radius 3 is 2.72 bits per heavy atom. The molecule has 7 heteroatoms. The molecule has 0 unspecified atom stereocenters. The molecule has 18 heavy (non-hydrogen) atoms. The van der Waals surface area contributed by atoms with Gasteiger partial charge in [0, 0.05) is 18.1 Å². The van der Waals surface area contributed by atoms with Gasteiger partial charge in [0.15, 0.2) is 5.82 Å². The molecule has 1 amide bonds. The normalized spacial score (nSPS) is 9.89. The molecule has 2 aromatic heterocycles. The van der Waals surface area contributed by atoms with Crippen LogP contribution >= 0.6 is 0 Å². The van der Waals surface area contributed by atoms with Crippen LogP contribution in [0.4, 0.5) is 11.5 Å². The third-order valence-corrected chi connectivity index (χ3v) is 2.30. The van der Waals surface area contributed by atoms with Gasteiger partial charge >= 0.3 is 0 Å². The van der Waals surface area contributed by atoms with Crippen LogP contribution in [-0.4, -0.2) is 20.9 Å². The number of carbonyl (C=O) groups excluding carboxylic acids is 1. The van der Waals surface area contributed by atoms with Crippen LogP contribution in [0.3, 0.4) is 0 Å². The molecule has 0 spiro atoms. The molecule has 0 aromatic carbocycles. The number of anilines is 2. The van der Waals surface area contributed by atoms with Crippen molar-refractivity contribution in [1.82, 2.24) is 15.0 Å². The molecule has 0 saturated carbocycles. The van der Waals surface area contributed by atoms with Gasteiger partial charge in [-0.15, -0.1) is 0 Å². The van der Waals surface area contributed by atoms with Gasteiger partial charge in [-0.1, -0.05) is 0 Å². The van der Waals surface area contributed by atoms with Crippen molar-refractivity contribution in [3.63, 3.8) is 0 Å². The second kappa shape index (κ2) is 5.19. The third-order valence-electron chi connectivity index (χ3n) is 2.30. The Balaban J connectivity index is 2.14. The fourth-order valence-electron chi connectivity index (χ4n) is 1.32. The monoisotopic (exact) mass is 244 g/mol. The predicted octanol–water partition coefficient (Wildman–Crippen LogP) is 0.718. The van der Waals surface area contributed by atoms with E-state index in [0.717, 1.165) is 5.56 Å². The Morgan fingerprint density at radius 1 is 1.28 bits per heavy atom. The fraction of sp³-hybridized carbons (Fsp3) is 0.0909. The van der Waals surface area contributed by atoms with Gasteiger partial charge in [0.05, 0.1) is 12.4 Å². The molecular formula is C11H12N6O. The van der Waals surface area contributed by atoms with Crippen LogP contribution in [-0.2, 0) is 0 Å². The Hall–Kier alpha value is -2.54. The second-order valence-electron chi connectivity index (χ2n) is 3.58. The summed E-state index contributed by atoms with van der Waals surface area (Å²) in [7, 11) is 0. The van der Waals surface area contributed by atoms with E-state index in [1.165, 1.54) is 12.4 Å². The Labute approximate surface area is 103 Å². The van der Waals surface area contributed by atoms with Crippen LogP contribution in [0.15, 0.2) is 30.9 Å². The highest BCUT2D eigenvalue weighted by Gasteiger charge is 2.09. The summed E-state index contributed by atoms with van der Waals surface area (Å²) in [5.41, 5.74) is 4.12. The first-order chi connectivity index (χ1) is 8.70. The maximum Gasteiger partial charge on any atom is 0.275 e. The van der Waals surface area contributed by atoms with E-state index < -0.39 is 0 Å². The molecular weight excluding hydrogens is 232 g/mol. The smallest absolute Gasteiger partial charge is 0.275 e. The van der Waals surface area contributed by atoms with Crippen molar-refractivity contribution in [3.8, 4) is 0 Å². The van der Waals surface area contributed by atoms with Gasteiger partial charge in [-0.2, -0.15) is 0 Å². The summed E-state index contributed by atoms with van der Waals surface area (Å²) in [5, 5.41) is 2.73. The zero-order valence-electron chi connectivity index (χ0n) is 9.71. The number of hydrogen-bond donors (Lipinski definition) is 3. The van der Waals surface area contributed by atoms with Crippen LogP contribution in [0.2, 0.25) is 0 Å². The number of nitrogens with two attached hydrogens (primary N) is 1. The largest absolute Gasteiger partial charge is 0.320 e. The average Bonchev–Trinajstić information content (AvgIpc) is 2.41. The number of aromatic nitrogens is 3. The molecule has 2 aromatic rings. The minimum atomic E-state index is -0.333. The molecule has 92 valence electrons. The first kappa shape index (κ1) is 11.9. The van der Waals surface area contributed by atoms with E-state index in [2.05, 4.69) is 25.7 Å². The summed E-state index contributed by atoms with van der Waals surface area (Å²) in [5.74, 6) is 5.22. The molecule has 0 aliphatic carbocycles. The number of rotatable bonds is 3. The number of carbonyl (C=O) groups is 1. The highest BCUT2D eigenvalue weighted by molar-refractivity contribution is 6.03. The first-order valence-electron chi connectivity index (χ1n) is 5.21. The van der Waals surface area contributed by atoms with Crippen LogP contribution in [0, 0.1) is 6.92 Å². The minimum absolute atomic E-state index is 0.213. The lowest BCUT2D eigenvalue weighted by molar-refractivity contribution is 0.102. The van der Waals surface area contributed by atoms with Gasteiger partial charge in [0.1, 0.15) is 5.69 Å². The van der Waals surface area contributed by atoms with Crippen LogP contribution < -0.4 is 16.6 Å². The molecule has 4 N–H and O–H groups in total. The van der Waals surface area contributed by atoms with Gasteiger partial charge in [-0.05, 0) is 18.6 Å². The SMILES string of the molecule is Cc1cnccc1NC(=O)c1cnc(NN)cn1. The summed E-state index contributed by atoms with van der Waals surface area (Å²) in [6.45, 7) is 1.86. The van der Waals surface area contributed by atoms with E-state index in [0.29, 0.717) is 11.5 Å².